The molecule has 0 bridgehead atoms. The fourth-order valence-corrected chi connectivity index (χ4v) is 5.31. The molecule has 0 saturated heterocycles. The quantitative estimate of drug-likeness (QED) is 0.175. The molecule has 5 aromatic rings. The molecule has 15 heteroatoms. The van der Waals surface area contributed by atoms with E-state index in [9.17, 15) is 14.7 Å². The number of ether oxygens (including phenoxy) is 3. The number of aromatic nitrogens is 5. The lowest BCUT2D eigenvalue weighted by Gasteiger charge is -2.16. The van der Waals surface area contributed by atoms with Crippen molar-refractivity contribution < 1.29 is 33.3 Å². The highest BCUT2D eigenvalue weighted by Crippen LogP contribution is 2.37. The highest BCUT2D eigenvalue weighted by molar-refractivity contribution is 7.21. The van der Waals surface area contributed by atoms with Gasteiger partial charge in [0.2, 0.25) is 11.7 Å². The van der Waals surface area contributed by atoms with Gasteiger partial charge in [0.25, 0.3) is 5.91 Å². The van der Waals surface area contributed by atoms with E-state index in [1.54, 1.807) is 26.8 Å². The molecule has 0 spiro atoms. The van der Waals surface area contributed by atoms with Crippen molar-refractivity contribution in [3.05, 3.63) is 60.1 Å². The summed E-state index contributed by atoms with van der Waals surface area (Å²) in [4.78, 5) is 46.0. The zero-order valence-corrected chi connectivity index (χ0v) is 26.6. The number of carbonyl (C=O) groups is 2. The summed E-state index contributed by atoms with van der Waals surface area (Å²) < 4.78 is 31.9. The number of benzene rings is 2. The first-order valence-corrected chi connectivity index (χ1v) is 15.0. The number of aliphatic hydroxyl groups is 1. The van der Waals surface area contributed by atoms with Gasteiger partial charge in [-0.2, -0.15) is 0 Å². The number of methoxy groups -OCH3 is 1. The second kappa shape index (κ2) is 13.5. The lowest BCUT2D eigenvalue weighted by Crippen LogP contribution is -2.31. The Hall–Kier alpha value is -5.02. The average Bonchev–Trinajstić information content (AvgIpc) is 3.41. The molecular weight excluding hydrogens is 617 g/mol. The Morgan fingerprint density at radius 2 is 1.83 bits per heavy atom. The van der Waals surface area contributed by atoms with Crippen LogP contribution in [0.5, 0.6) is 11.6 Å². The summed E-state index contributed by atoms with van der Waals surface area (Å²) in [7, 11) is 1.53. The molecule has 0 unspecified atom stereocenters. The van der Waals surface area contributed by atoms with Crippen LogP contribution in [0.2, 0.25) is 0 Å². The first kappa shape index (κ1) is 32.4. The van der Waals surface area contributed by atoms with Gasteiger partial charge in [0.05, 0.1) is 58.2 Å². The van der Waals surface area contributed by atoms with Crippen molar-refractivity contribution in [1.82, 2.24) is 30.2 Å². The van der Waals surface area contributed by atoms with E-state index >= 15 is 4.39 Å². The lowest BCUT2D eigenvalue weighted by atomic mass is 10.1. The minimum absolute atomic E-state index is 0.0114. The Morgan fingerprint density at radius 3 is 2.54 bits per heavy atom. The summed E-state index contributed by atoms with van der Waals surface area (Å²) >= 11 is 1.36. The molecule has 1 atom stereocenters. The van der Waals surface area contributed by atoms with Gasteiger partial charge in [-0.15, -0.1) is 11.3 Å². The number of thiazole rings is 1. The van der Waals surface area contributed by atoms with Crippen molar-refractivity contribution >= 4 is 50.3 Å². The van der Waals surface area contributed by atoms with Crippen LogP contribution in [0.1, 0.15) is 43.4 Å². The smallest absolute Gasteiger partial charge is 0.411 e. The van der Waals surface area contributed by atoms with Gasteiger partial charge in [-0.3, -0.25) is 10.1 Å². The van der Waals surface area contributed by atoms with E-state index in [0.717, 1.165) is 11.1 Å². The molecule has 3 aromatic heterocycles. The molecule has 0 radical (unpaired) electrons. The Balaban J connectivity index is 1.18. The summed E-state index contributed by atoms with van der Waals surface area (Å²) in [6.45, 7) is 6.92. The van der Waals surface area contributed by atoms with Crippen LogP contribution in [0.4, 0.5) is 14.9 Å². The molecule has 0 fully saturated rings. The SMILES string of the molecule is COc1cnc2c(-c3nc4cc(F)c(O[C@@H](C)COC(=O)Nc5cnc(C(=O)NCCC(C)(C)O)nc5)cc4s3)cc(C)cc2n1. The van der Waals surface area contributed by atoms with Crippen LogP contribution in [0.15, 0.2) is 42.9 Å². The standard InChI is InChI=1S/C31H32FN7O6S/c1-16-8-19(26-22(9-16)38-25(43-5)14-34-26)29-39-21-10-20(32)23(11-24(21)46-29)45-17(2)15-44-30(41)37-18-12-35-27(36-13-18)28(40)33-7-6-31(3,4)42/h8-14,17,42H,6-7,15H2,1-5H3,(H,33,40)(H,37,41)/t17-/m0/s1. The highest BCUT2D eigenvalue weighted by atomic mass is 32.1. The number of amides is 2. The Kier molecular flexibility index (Phi) is 9.53. The van der Waals surface area contributed by atoms with E-state index in [1.807, 2.05) is 19.1 Å². The number of hydrogen-bond acceptors (Lipinski definition) is 12. The maximum absolute atomic E-state index is 15.0. The van der Waals surface area contributed by atoms with Crippen molar-refractivity contribution in [2.75, 3.05) is 25.6 Å². The number of halogens is 1. The first-order chi connectivity index (χ1) is 21.9. The van der Waals surface area contributed by atoms with Gasteiger partial charge in [-0.1, -0.05) is 0 Å². The molecule has 0 aliphatic rings. The normalized spacial score (nSPS) is 12.2. The van der Waals surface area contributed by atoms with Crippen LogP contribution in [0.25, 0.3) is 31.8 Å². The molecule has 3 N–H and O–H groups in total. The second-order valence-corrected chi connectivity index (χ2v) is 12.2. The summed E-state index contributed by atoms with van der Waals surface area (Å²) in [6, 6.07) is 6.73. The van der Waals surface area contributed by atoms with Crippen molar-refractivity contribution in [3.8, 4) is 22.2 Å². The van der Waals surface area contributed by atoms with E-state index in [4.69, 9.17) is 14.2 Å². The Bertz CT molecular complexity index is 1900. The number of rotatable bonds is 11. The molecule has 46 heavy (non-hydrogen) atoms. The van der Waals surface area contributed by atoms with Crippen LogP contribution in [0.3, 0.4) is 0 Å². The molecule has 3 heterocycles. The van der Waals surface area contributed by atoms with Crippen LogP contribution < -0.4 is 20.1 Å². The van der Waals surface area contributed by atoms with E-state index in [0.29, 0.717) is 38.6 Å². The van der Waals surface area contributed by atoms with Crippen LogP contribution >= 0.6 is 11.3 Å². The van der Waals surface area contributed by atoms with Crippen LogP contribution in [-0.2, 0) is 4.74 Å². The topological polar surface area (TPSA) is 171 Å². The maximum atomic E-state index is 15.0. The van der Waals surface area contributed by atoms with Gasteiger partial charge in [0.15, 0.2) is 11.6 Å². The zero-order valence-electron chi connectivity index (χ0n) is 25.8. The summed E-state index contributed by atoms with van der Waals surface area (Å²) in [5.41, 5.74) is 2.80. The van der Waals surface area contributed by atoms with E-state index < -0.39 is 29.5 Å². The van der Waals surface area contributed by atoms with Crippen LogP contribution in [-0.4, -0.2) is 74.0 Å². The summed E-state index contributed by atoms with van der Waals surface area (Å²) in [5, 5.41) is 15.5. The number of hydrogen-bond donors (Lipinski definition) is 3. The zero-order chi connectivity index (χ0) is 33.0. The number of anilines is 1. The number of carbonyl (C=O) groups excluding carboxylic acids is 2. The lowest BCUT2D eigenvalue weighted by molar-refractivity contribution is 0.0691. The number of fused-ring (bicyclic) bond motifs is 2. The minimum atomic E-state index is -0.914. The van der Waals surface area contributed by atoms with Gasteiger partial charge in [0, 0.05) is 24.2 Å². The largest absolute Gasteiger partial charge is 0.484 e. The van der Waals surface area contributed by atoms with E-state index in [-0.39, 0.29) is 30.4 Å². The fraction of sp³-hybridized carbons (Fsp3) is 0.323. The third kappa shape index (κ3) is 7.97. The van der Waals surface area contributed by atoms with Gasteiger partial charge >= 0.3 is 6.09 Å². The van der Waals surface area contributed by atoms with Gasteiger partial charge in [0.1, 0.15) is 17.7 Å². The number of nitrogens with zero attached hydrogens (tertiary/aromatic N) is 5. The molecule has 0 aliphatic carbocycles. The molecular formula is C31H32FN7O6S. The molecule has 5 rings (SSSR count). The van der Waals surface area contributed by atoms with Crippen molar-refractivity contribution in [2.24, 2.45) is 0 Å². The monoisotopic (exact) mass is 649 g/mol. The van der Waals surface area contributed by atoms with Gasteiger partial charge < -0.3 is 24.6 Å². The minimum Gasteiger partial charge on any atom is -0.484 e. The van der Waals surface area contributed by atoms with Gasteiger partial charge in [-0.05, 0) is 51.8 Å². The van der Waals surface area contributed by atoms with Crippen molar-refractivity contribution in [3.63, 3.8) is 0 Å². The highest BCUT2D eigenvalue weighted by Gasteiger charge is 2.18. The molecule has 13 nitrogen and oxygen atoms in total. The van der Waals surface area contributed by atoms with Gasteiger partial charge in [-0.25, -0.2) is 34.1 Å². The molecule has 2 amide bonds. The third-order valence-electron chi connectivity index (χ3n) is 6.55. The molecule has 0 saturated carbocycles. The maximum Gasteiger partial charge on any atom is 0.411 e. The van der Waals surface area contributed by atoms with Crippen molar-refractivity contribution in [1.29, 1.82) is 0 Å². The van der Waals surface area contributed by atoms with Crippen molar-refractivity contribution in [2.45, 2.75) is 45.8 Å². The average molecular weight is 650 g/mol. The Morgan fingerprint density at radius 1 is 1.07 bits per heavy atom. The van der Waals surface area contributed by atoms with E-state index in [1.165, 1.54) is 43.1 Å². The predicted octanol–water partition coefficient (Wildman–Crippen LogP) is 5.06. The third-order valence-corrected chi connectivity index (χ3v) is 7.60. The van der Waals surface area contributed by atoms with E-state index in [2.05, 4.69) is 35.6 Å². The Labute approximate surface area is 267 Å². The second-order valence-electron chi connectivity index (χ2n) is 11.1. The predicted molar refractivity (Wildman–Crippen MR) is 170 cm³/mol. The first-order valence-electron chi connectivity index (χ1n) is 14.2. The molecule has 240 valence electrons. The summed E-state index contributed by atoms with van der Waals surface area (Å²) in [6.07, 6.45) is 2.92. The molecule has 2 aromatic carbocycles. The summed E-state index contributed by atoms with van der Waals surface area (Å²) in [5.74, 6) is -0.825. The fourth-order valence-electron chi connectivity index (χ4n) is 4.31. The number of aryl methyl sites for hydroxylation is 1. The molecule has 0 aliphatic heterocycles. The number of nitrogens with one attached hydrogen (secondary N) is 2. The van der Waals surface area contributed by atoms with Crippen LogP contribution in [0, 0.1) is 12.7 Å².